The van der Waals surface area contributed by atoms with Crippen molar-refractivity contribution in [2.45, 2.75) is 58.0 Å². The fourth-order valence-electron chi connectivity index (χ4n) is 3.60. The summed E-state index contributed by atoms with van der Waals surface area (Å²) in [5, 5.41) is 7.42. The van der Waals surface area contributed by atoms with Gasteiger partial charge in [-0.2, -0.15) is 0 Å². The second-order valence-corrected chi connectivity index (χ2v) is 8.54. The molecule has 1 atom stereocenters. The standard InChI is InChI=1S/C20H26N4O4/c1-19(2,3)22-17(27)21-15(25)11-24-16(26)20(4,23-18(24)28)14-9-8-12-6-5-7-13(12)10-14/h8-10H,5-7,11H2,1-4H3,(H,23,28)(H2,21,22,25,27)/t20-/m0/s1. The van der Waals surface area contributed by atoms with Crippen LogP contribution in [0.5, 0.6) is 0 Å². The van der Waals surface area contributed by atoms with Gasteiger partial charge in [-0.1, -0.05) is 18.2 Å². The molecule has 1 fully saturated rings. The zero-order valence-corrected chi connectivity index (χ0v) is 16.6. The van der Waals surface area contributed by atoms with Crippen LogP contribution in [0, 0.1) is 0 Å². The van der Waals surface area contributed by atoms with E-state index in [9.17, 15) is 19.2 Å². The van der Waals surface area contributed by atoms with Crippen LogP contribution in [-0.2, 0) is 28.0 Å². The van der Waals surface area contributed by atoms with Crippen molar-refractivity contribution in [1.82, 2.24) is 20.9 Å². The Balaban J connectivity index is 1.71. The van der Waals surface area contributed by atoms with Gasteiger partial charge in [-0.05, 0) is 63.6 Å². The molecule has 3 N–H and O–H groups in total. The van der Waals surface area contributed by atoms with Crippen LogP contribution >= 0.6 is 0 Å². The highest BCUT2D eigenvalue weighted by Crippen LogP contribution is 2.32. The van der Waals surface area contributed by atoms with Gasteiger partial charge in [0.2, 0.25) is 5.91 Å². The summed E-state index contributed by atoms with van der Waals surface area (Å²) in [4.78, 5) is 50.1. The number of carbonyl (C=O) groups excluding carboxylic acids is 4. The summed E-state index contributed by atoms with van der Waals surface area (Å²) in [6.07, 6.45) is 3.06. The van der Waals surface area contributed by atoms with Gasteiger partial charge in [0, 0.05) is 5.54 Å². The average Bonchev–Trinajstić information content (AvgIpc) is 3.11. The molecule has 8 heteroatoms. The number of nitrogens with one attached hydrogen (secondary N) is 3. The molecule has 6 amide bonds. The number of imide groups is 2. The molecule has 1 heterocycles. The highest BCUT2D eigenvalue weighted by atomic mass is 16.2. The highest BCUT2D eigenvalue weighted by molar-refractivity contribution is 6.10. The molecule has 2 aliphatic rings. The second kappa shape index (κ2) is 6.92. The van der Waals surface area contributed by atoms with E-state index in [1.165, 1.54) is 11.1 Å². The molecule has 1 aromatic carbocycles. The zero-order chi connectivity index (χ0) is 20.7. The fourth-order valence-corrected chi connectivity index (χ4v) is 3.60. The number of nitrogens with zero attached hydrogens (tertiary/aromatic N) is 1. The van der Waals surface area contributed by atoms with Crippen molar-refractivity contribution in [2.75, 3.05) is 6.54 Å². The monoisotopic (exact) mass is 386 g/mol. The number of carbonyl (C=O) groups is 4. The Hall–Kier alpha value is -2.90. The lowest BCUT2D eigenvalue weighted by atomic mass is 9.89. The van der Waals surface area contributed by atoms with Gasteiger partial charge in [0.15, 0.2) is 0 Å². The summed E-state index contributed by atoms with van der Waals surface area (Å²) < 4.78 is 0. The molecule has 0 bridgehead atoms. The number of hydrogen-bond acceptors (Lipinski definition) is 4. The Morgan fingerprint density at radius 1 is 1.18 bits per heavy atom. The number of fused-ring (bicyclic) bond motifs is 1. The molecular formula is C20H26N4O4. The first-order chi connectivity index (χ1) is 13.0. The smallest absolute Gasteiger partial charge is 0.325 e. The number of aryl methyl sites for hydroxylation is 2. The topological polar surface area (TPSA) is 108 Å². The largest absolute Gasteiger partial charge is 0.333 e. The summed E-state index contributed by atoms with van der Waals surface area (Å²) >= 11 is 0. The Morgan fingerprint density at radius 2 is 1.86 bits per heavy atom. The summed E-state index contributed by atoms with van der Waals surface area (Å²) in [5.41, 5.74) is 1.40. The van der Waals surface area contributed by atoms with Crippen LogP contribution in [0.15, 0.2) is 18.2 Å². The van der Waals surface area contributed by atoms with E-state index in [2.05, 4.69) is 16.0 Å². The number of rotatable bonds is 3. The summed E-state index contributed by atoms with van der Waals surface area (Å²) in [7, 11) is 0. The van der Waals surface area contributed by atoms with Crippen molar-refractivity contribution in [1.29, 1.82) is 0 Å². The Kier molecular flexibility index (Phi) is 4.91. The first-order valence-electron chi connectivity index (χ1n) is 9.38. The van der Waals surface area contributed by atoms with Crippen LogP contribution in [0.25, 0.3) is 0 Å². The second-order valence-electron chi connectivity index (χ2n) is 8.54. The maximum atomic E-state index is 13.0. The lowest BCUT2D eigenvalue weighted by Crippen LogP contribution is -2.51. The van der Waals surface area contributed by atoms with Crippen LogP contribution in [0.3, 0.4) is 0 Å². The predicted octanol–water partition coefficient (Wildman–Crippen LogP) is 1.57. The minimum Gasteiger partial charge on any atom is -0.333 e. The SMILES string of the molecule is CC(C)(C)NC(=O)NC(=O)CN1C(=O)N[C@@](C)(c2ccc3c(c2)CCC3)C1=O. The number of amides is 6. The van der Waals surface area contributed by atoms with Gasteiger partial charge in [-0.15, -0.1) is 0 Å². The van der Waals surface area contributed by atoms with Crippen molar-refractivity contribution in [2.24, 2.45) is 0 Å². The lowest BCUT2D eigenvalue weighted by molar-refractivity contribution is -0.134. The van der Waals surface area contributed by atoms with Crippen molar-refractivity contribution in [3.8, 4) is 0 Å². The zero-order valence-electron chi connectivity index (χ0n) is 16.6. The lowest BCUT2D eigenvalue weighted by Gasteiger charge is -2.23. The molecule has 1 aromatic rings. The van der Waals surface area contributed by atoms with Crippen LogP contribution in [0.2, 0.25) is 0 Å². The first-order valence-corrected chi connectivity index (χ1v) is 9.38. The summed E-state index contributed by atoms with van der Waals surface area (Å²) in [6.45, 7) is 6.43. The maximum absolute atomic E-state index is 13.0. The van der Waals surface area contributed by atoms with Crippen LogP contribution in [0.1, 0.15) is 50.8 Å². The quantitative estimate of drug-likeness (QED) is 0.685. The van der Waals surface area contributed by atoms with Gasteiger partial charge in [-0.3, -0.25) is 19.8 Å². The number of hydrogen-bond donors (Lipinski definition) is 3. The van der Waals surface area contributed by atoms with Crippen molar-refractivity contribution < 1.29 is 19.2 Å². The van der Waals surface area contributed by atoms with Crippen LogP contribution in [-0.4, -0.2) is 40.9 Å². The Bertz CT molecular complexity index is 858. The van der Waals surface area contributed by atoms with Gasteiger partial charge in [0.25, 0.3) is 5.91 Å². The van der Waals surface area contributed by atoms with Crippen molar-refractivity contribution in [3.63, 3.8) is 0 Å². The third-order valence-electron chi connectivity index (χ3n) is 4.99. The van der Waals surface area contributed by atoms with E-state index in [-0.39, 0.29) is 0 Å². The molecule has 28 heavy (non-hydrogen) atoms. The molecule has 0 unspecified atom stereocenters. The van der Waals surface area contributed by atoms with Gasteiger partial charge in [0.1, 0.15) is 12.1 Å². The number of benzene rings is 1. The van der Waals surface area contributed by atoms with E-state index >= 15 is 0 Å². The molecule has 1 aliphatic heterocycles. The molecule has 0 aromatic heterocycles. The molecule has 0 spiro atoms. The van der Waals surface area contributed by atoms with Crippen LogP contribution in [0.4, 0.5) is 9.59 Å². The summed E-state index contributed by atoms with van der Waals surface area (Å²) in [5.74, 6) is -1.25. The molecule has 0 saturated carbocycles. The van der Waals surface area contributed by atoms with E-state index in [0.717, 1.165) is 24.2 Å². The third kappa shape index (κ3) is 3.85. The average molecular weight is 386 g/mol. The van der Waals surface area contributed by atoms with Crippen molar-refractivity contribution in [3.05, 3.63) is 34.9 Å². The van der Waals surface area contributed by atoms with Crippen molar-refractivity contribution >= 4 is 23.9 Å². The fraction of sp³-hybridized carbons (Fsp3) is 0.500. The predicted molar refractivity (Wildman–Crippen MR) is 102 cm³/mol. The van der Waals surface area contributed by atoms with E-state index in [4.69, 9.17) is 0 Å². The van der Waals surface area contributed by atoms with Gasteiger partial charge in [0.05, 0.1) is 0 Å². The van der Waals surface area contributed by atoms with Crippen LogP contribution < -0.4 is 16.0 Å². The minimum atomic E-state index is -1.23. The first kappa shape index (κ1) is 19.9. The molecule has 150 valence electrons. The molecule has 8 nitrogen and oxygen atoms in total. The number of urea groups is 2. The highest BCUT2D eigenvalue weighted by Gasteiger charge is 2.49. The Morgan fingerprint density at radius 3 is 2.54 bits per heavy atom. The molecule has 1 saturated heterocycles. The summed E-state index contributed by atoms with van der Waals surface area (Å²) in [6, 6.07) is 4.48. The third-order valence-corrected chi connectivity index (χ3v) is 4.99. The van der Waals surface area contributed by atoms with E-state index in [0.29, 0.717) is 5.56 Å². The van der Waals surface area contributed by atoms with Gasteiger partial charge >= 0.3 is 12.1 Å². The maximum Gasteiger partial charge on any atom is 0.325 e. The molecule has 3 rings (SSSR count). The van der Waals surface area contributed by atoms with Gasteiger partial charge in [-0.25, -0.2) is 9.59 Å². The normalized spacial score (nSPS) is 21.4. The van der Waals surface area contributed by atoms with Gasteiger partial charge < -0.3 is 10.6 Å². The molecule has 0 radical (unpaired) electrons. The van der Waals surface area contributed by atoms with E-state index in [1.807, 2.05) is 18.2 Å². The van der Waals surface area contributed by atoms with E-state index in [1.54, 1.807) is 27.7 Å². The molecular weight excluding hydrogens is 360 g/mol. The Labute approximate surface area is 164 Å². The minimum absolute atomic E-state index is 0.512. The van der Waals surface area contributed by atoms with E-state index < -0.39 is 41.5 Å². The molecule has 1 aliphatic carbocycles.